The van der Waals surface area contributed by atoms with Crippen LogP contribution in [0.5, 0.6) is 5.75 Å². The molecule has 2 amide bonds. The minimum atomic E-state index is -0.487. The average Bonchev–Trinajstić information content (AvgIpc) is 3.40. The van der Waals surface area contributed by atoms with E-state index in [4.69, 9.17) is 9.47 Å². The molecule has 202 valence electrons. The number of hydrogen-bond donors (Lipinski definition) is 0. The van der Waals surface area contributed by atoms with Gasteiger partial charge in [0, 0.05) is 37.2 Å². The van der Waals surface area contributed by atoms with Crippen molar-refractivity contribution in [3.05, 3.63) is 87.4 Å². The van der Waals surface area contributed by atoms with Crippen LogP contribution < -0.4 is 4.74 Å². The summed E-state index contributed by atoms with van der Waals surface area (Å²) in [6, 6.07) is 15.4. The highest BCUT2D eigenvalue weighted by Gasteiger charge is 2.33. The van der Waals surface area contributed by atoms with Gasteiger partial charge in [0.1, 0.15) is 24.7 Å². The van der Waals surface area contributed by atoms with Crippen molar-refractivity contribution in [2.75, 3.05) is 40.0 Å². The SMILES string of the molecule is COCCCN(CC(=O)N1CCc2sccc2C1COc1ccc(C(C)C)cc1)C(=O)c1cccc(F)c1. The lowest BCUT2D eigenvalue weighted by Gasteiger charge is -2.37. The van der Waals surface area contributed by atoms with E-state index in [1.807, 2.05) is 22.4 Å². The summed E-state index contributed by atoms with van der Waals surface area (Å²) < 4.78 is 25.1. The Balaban J connectivity index is 1.51. The van der Waals surface area contributed by atoms with Crippen LogP contribution in [0.1, 0.15) is 58.6 Å². The number of ether oxygens (including phenoxy) is 2. The van der Waals surface area contributed by atoms with Crippen LogP contribution in [-0.2, 0) is 16.0 Å². The summed E-state index contributed by atoms with van der Waals surface area (Å²) in [6.07, 6.45) is 1.33. The van der Waals surface area contributed by atoms with Crippen LogP contribution in [0.25, 0.3) is 0 Å². The van der Waals surface area contributed by atoms with Crippen molar-refractivity contribution < 1.29 is 23.5 Å². The van der Waals surface area contributed by atoms with E-state index < -0.39 is 5.82 Å². The van der Waals surface area contributed by atoms with Gasteiger partial charge < -0.3 is 19.3 Å². The molecule has 1 aliphatic heterocycles. The zero-order valence-corrected chi connectivity index (χ0v) is 23.0. The van der Waals surface area contributed by atoms with Crippen LogP contribution in [0.2, 0.25) is 0 Å². The molecule has 1 aromatic heterocycles. The summed E-state index contributed by atoms with van der Waals surface area (Å²) in [7, 11) is 1.59. The second-order valence-electron chi connectivity index (χ2n) is 9.77. The molecule has 2 aromatic carbocycles. The number of rotatable bonds is 11. The molecule has 0 spiro atoms. The molecular formula is C30H35FN2O4S. The largest absolute Gasteiger partial charge is 0.491 e. The van der Waals surface area contributed by atoms with Gasteiger partial charge in [-0.05, 0) is 71.7 Å². The van der Waals surface area contributed by atoms with Gasteiger partial charge in [-0.1, -0.05) is 32.0 Å². The Morgan fingerprint density at radius 2 is 1.95 bits per heavy atom. The van der Waals surface area contributed by atoms with Crippen LogP contribution in [0.3, 0.4) is 0 Å². The van der Waals surface area contributed by atoms with Crippen LogP contribution in [0, 0.1) is 5.82 Å². The minimum absolute atomic E-state index is 0.0991. The Kier molecular flexibility index (Phi) is 9.53. The number of benzene rings is 2. The number of nitrogens with zero attached hydrogens (tertiary/aromatic N) is 2. The summed E-state index contributed by atoms with van der Waals surface area (Å²) in [4.78, 5) is 31.5. The first-order valence-corrected chi connectivity index (χ1v) is 13.9. The third kappa shape index (κ3) is 6.79. The van der Waals surface area contributed by atoms with E-state index in [1.54, 1.807) is 24.5 Å². The molecule has 38 heavy (non-hydrogen) atoms. The quantitative estimate of drug-likeness (QED) is 0.294. The highest BCUT2D eigenvalue weighted by Crippen LogP contribution is 2.34. The Morgan fingerprint density at radius 3 is 2.66 bits per heavy atom. The smallest absolute Gasteiger partial charge is 0.254 e. The van der Waals surface area contributed by atoms with Gasteiger partial charge in [0.15, 0.2) is 0 Å². The molecule has 2 heterocycles. The molecule has 0 fully saturated rings. The Morgan fingerprint density at radius 1 is 1.16 bits per heavy atom. The maximum atomic E-state index is 13.8. The number of carbonyl (C=O) groups excluding carboxylic acids is 2. The fourth-order valence-electron chi connectivity index (χ4n) is 4.71. The van der Waals surface area contributed by atoms with Gasteiger partial charge in [0.05, 0.1) is 6.04 Å². The highest BCUT2D eigenvalue weighted by molar-refractivity contribution is 7.10. The van der Waals surface area contributed by atoms with Crippen molar-refractivity contribution in [1.82, 2.24) is 9.80 Å². The van der Waals surface area contributed by atoms with E-state index in [9.17, 15) is 14.0 Å². The van der Waals surface area contributed by atoms with Crippen LogP contribution in [-0.4, -0.2) is 61.6 Å². The molecule has 6 nitrogen and oxygen atoms in total. The average molecular weight is 539 g/mol. The Labute approximate surface area is 228 Å². The lowest BCUT2D eigenvalue weighted by atomic mass is 10.00. The number of carbonyl (C=O) groups is 2. The van der Waals surface area contributed by atoms with Gasteiger partial charge in [-0.25, -0.2) is 4.39 Å². The fourth-order valence-corrected chi connectivity index (χ4v) is 5.64. The highest BCUT2D eigenvalue weighted by atomic mass is 32.1. The van der Waals surface area contributed by atoms with E-state index in [0.717, 1.165) is 17.7 Å². The van der Waals surface area contributed by atoms with Crippen molar-refractivity contribution >= 4 is 23.2 Å². The Bertz CT molecular complexity index is 1230. The molecule has 0 radical (unpaired) electrons. The van der Waals surface area contributed by atoms with Crippen LogP contribution in [0.15, 0.2) is 60.0 Å². The topological polar surface area (TPSA) is 59.1 Å². The molecule has 0 saturated carbocycles. The van der Waals surface area contributed by atoms with Gasteiger partial charge in [-0.15, -0.1) is 11.3 Å². The molecule has 0 N–H and O–H groups in total. The summed E-state index contributed by atoms with van der Waals surface area (Å²) in [6.45, 7) is 5.85. The zero-order valence-electron chi connectivity index (χ0n) is 22.2. The number of amides is 2. The standard InChI is InChI=1S/C30H35FN2O4S/c1-21(2)22-8-10-25(11-9-22)37-20-27-26-13-17-38-28(26)12-15-33(27)29(34)19-32(14-5-16-36-3)30(35)23-6-4-7-24(31)18-23/h4,6-11,13,17-18,21,27H,5,12,14-16,19-20H2,1-3H3. The molecule has 0 bridgehead atoms. The lowest BCUT2D eigenvalue weighted by Crippen LogP contribution is -2.48. The minimum Gasteiger partial charge on any atom is -0.491 e. The van der Waals surface area contributed by atoms with Crippen LogP contribution >= 0.6 is 11.3 Å². The summed E-state index contributed by atoms with van der Waals surface area (Å²) >= 11 is 1.69. The van der Waals surface area contributed by atoms with Gasteiger partial charge in [0.2, 0.25) is 5.91 Å². The predicted octanol–water partition coefficient (Wildman–Crippen LogP) is 5.69. The normalized spacial score (nSPS) is 14.9. The molecule has 3 aromatic rings. The zero-order chi connectivity index (χ0) is 27.1. The van der Waals surface area contributed by atoms with E-state index >= 15 is 0 Å². The molecule has 0 saturated heterocycles. The van der Waals surface area contributed by atoms with Crippen molar-refractivity contribution in [2.45, 2.75) is 38.6 Å². The number of fused-ring (bicyclic) bond motifs is 1. The summed E-state index contributed by atoms with van der Waals surface area (Å²) in [5.74, 6) is 0.170. The van der Waals surface area contributed by atoms with Crippen LogP contribution in [0.4, 0.5) is 4.39 Å². The molecule has 4 rings (SSSR count). The summed E-state index contributed by atoms with van der Waals surface area (Å²) in [5, 5.41) is 2.05. The van der Waals surface area contributed by atoms with Gasteiger partial charge in [0.25, 0.3) is 5.91 Å². The molecular weight excluding hydrogens is 503 g/mol. The molecule has 1 atom stereocenters. The predicted molar refractivity (Wildman–Crippen MR) is 147 cm³/mol. The maximum absolute atomic E-state index is 13.8. The molecule has 8 heteroatoms. The van der Waals surface area contributed by atoms with E-state index in [1.165, 1.54) is 33.5 Å². The van der Waals surface area contributed by atoms with Crippen molar-refractivity contribution in [2.24, 2.45) is 0 Å². The number of hydrogen-bond acceptors (Lipinski definition) is 5. The third-order valence-electron chi connectivity index (χ3n) is 6.83. The second kappa shape index (κ2) is 13.0. The first-order valence-electron chi connectivity index (χ1n) is 13.0. The van der Waals surface area contributed by atoms with E-state index in [0.29, 0.717) is 38.6 Å². The summed E-state index contributed by atoms with van der Waals surface area (Å²) in [5.41, 5.74) is 2.55. The number of methoxy groups -OCH3 is 1. The number of halogens is 1. The maximum Gasteiger partial charge on any atom is 0.254 e. The lowest BCUT2D eigenvalue weighted by molar-refractivity contribution is -0.135. The van der Waals surface area contributed by atoms with E-state index in [-0.39, 0.29) is 30.0 Å². The first kappa shape index (κ1) is 27.8. The first-order chi connectivity index (χ1) is 18.4. The monoisotopic (exact) mass is 538 g/mol. The van der Waals surface area contributed by atoms with Gasteiger partial charge in [-0.2, -0.15) is 0 Å². The van der Waals surface area contributed by atoms with Crippen molar-refractivity contribution in [1.29, 1.82) is 0 Å². The molecule has 1 unspecified atom stereocenters. The Hall–Kier alpha value is -3.23. The molecule has 0 aliphatic carbocycles. The second-order valence-corrected chi connectivity index (χ2v) is 10.8. The van der Waals surface area contributed by atoms with Crippen molar-refractivity contribution in [3.63, 3.8) is 0 Å². The molecule has 1 aliphatic rings. The fraction of sp³-hybridized carbons (Fsp3) is 0.400. The number of thiophene rings is 1. The van der Waals surface area contributed by atoms with Gasteiger partial charge in [-0.3, -0.25) is 9.59 Å². The van der Waals surface area contributed by atoms with E-state index in [2.05, 4.69) is 32.0 Å². The van der Waals surface area contributed by atoms with Gasteiger partial charge >= 0.3 is 0 Å². The van der Waals surface area contributed by atoms with Crippen molar-refractivity contribution in [3.8, 4) is 5.75 Å². The third-order valence-corrected chi connectivity index (χ3v) is 7.83.